The Balaban J connectivity index is 1.70. The number of rotatable bonds is 4. The SMILES string of the molecule is Nc1ccc(Cc2nc3n(-c4c(Cl)cc(Cl)cc4Cl)[nH]c(C4CC4)c-3c(=O)n2)cc1. The van der Waals surface area contributed by atoms with Gasteiger partial charge in [0.2, 0.25) is 0 Å². The molecule has 2 aromatic carbocycles. The topological polar surface area (TPSA) is 89.6 Å². The molecule has 2 heterocycles. The number of nitrogens with zero attached hydrogens (tertiary/aromatic N) is 3. The highest BCUT2D eigenvalue weighted by Gasteiger charge is 2.34. The third-order valence-electron chi connectivity index (χ3n) is 5.15. The highest BCUT2D eigenvalue weighted by atomic mass is 35.5. The highest BCUT2D eigenvalue weighted by Crippen LogP contribution is 2.44. The van der Waals surface area contributed by atoms with E-state index in [9.17, 15) is 4.79 Å². The summed E-state index contributed by atoms with van der Waals surface area (Å²) in [5.41, 5.74) is 8.85. The lowest BCUT2D eigenvalue weighted by atomic mass is 10.1. The summed E-state index contributed by atoms with van der Waals surface area (Å²) in [5.74, 6) is 1.14. The first-order valence-corrected chi connectivity index (χ1v) is 10.5. The number of aromatic amines is 1. The van der Waals surface area contributed by atoms with Crippen molar-refractivity contribution in [2.45, 2.75) is 25.2 Å². The number of nitrogens with two attached hydrogens (primary N) is 1. The van der Waals surface area contributed by atoms with Crippen molar-refractivity contribution in [2.24, 2.45) is 0 Å². The zero-order chi connectivity index (χ0) is 21.0. The normalized spacial score (nSPS) is 13.8. The number of aromatic nitrogens is 4. The molecule has 5 rings (SSSR count). The van der Waals surface area contributed by atoms with Gasteiger partial charge in [0.05, 0.1) is 15.7 Å². The summed E-state index contributed by atoms with van der Waals surface area (Å²) in [6.07, 6.45) is 2.41. The largest absolute Gasteiger partial charge is 0.399 e. The van der Waals surface area contributed by atoms with E-state index in [0.717, 1.165) is 24.1 Å². The Kier molecular flexibility index (Phi) is 4.73. The summed E-state index contributed by atoms with van der Waals surface area (Å²) in [6.45, 7) is 0. The number of nitrogens with one attached hydrogen (secondary N) is 1. The van der Waals surface area contributed by atoms with E-state index in [0.29, 0.717) is 50.1 Å². The zero-order valence-electron chi connectivity index (χ0n) is 15.6. The van der Waals surface area contributed by atoms with Gasteiger partial charge < -0.3 is 5.73 Å². The van der Waals surface area contributed by atoms with Crippen LogP contribution in [0, 0.1) is 0 Å². The molecule has 1 aliphatic carbocycles. The molecule has 0 unspecified atom stereocenters. The molecule has 3 N–H and O–H groups in total. The first kappa shape index (κ1) is 19.4. The summed E-state index contributed by atoms with van der Waals surface area (Å²) in [7, 11) is 0. The molecule has 2 aliphatic heterocycles. The van der Waals surface area contributed by atoms with E-state index < -0.39 is 0 Å². The number of fused-ring (bicyclic) bond motifs is 1. The number of nitrogen functional groups attached to an aromatic ring is 1. The molecule has 30 heavy (non-hydrogen) atoms. The third-order valence-corrected chi connectivity index (χ3v) is 5.94. The summed E-state index contributed by atoms with van der Waals surface area (Å²) >= 11 is 19.0. The van der Waals surface area contributed by atoms with E-state index in [1.807, 2.05) is 12.1 Å². The van der Waals surface area contributed by atoms with Crippen molar-refractivity contribution in [3.63, 3.8) is 0 Å². The second kappa shape index (κ2) is 7.30. The molecule has 3 aliphatic rings. The van der Waals surface area contributed by atoms with Crippen LogP contribution in [-0.2, 0) is 6.42 Å². The van der Waals surface area contributed by atoms with E-state index in [-0.39, 0.29) is 11.5 Å². The first-order valence-electron chi connectivity index (χ1n) is 9.41. The van der Waals surface area contributed by atoms with Gasteiger partial charge in [-0.1, -0.05) is 46.9 Å². The maximum Gasteiger partial charge on any atom is 0.284 e. The van der Waals surface area contributed by atoms with Crippen LogP contribution < -0.4 is 11.3 Å². The van der Waals surface area contributed by atoms with Gasteiger partial charge in [0, 0.05) is 23.0 Å². The van der Waals surface area contributed by atoms with Crippen LogP contribution >= 0.6 is 34.8 Å². The van der Waals surface area contributed by atoms with Crippen molar-refractivity contribution in [1.29, 1.82) is 0 Å². The van der Waals surface area contributed by atoms with Crippen LogP contribution in [0.2, 0.25) is 15.1 Å². The highest BCUT2D eigenvalue weighted by molar-refractivity contribution is 6.40. The fraction of sp³-hybridized carbons (Fsp3) is 0.190. The van der Waals surface area contributed by atoms with Crippen LogP contribution in [0.3, 0.4) is 0 Å². The van der Waals surface area contributed by atoms with Crippen LogP contribution in [-0.4, -0.2) is 19.7 Å². The molecule has 0 radical (unpaired) electrons. The van der Waals surface area contributed by atoms with E-state index in [4.69, 9.17) is 45.5 Å². The Labute approximate surface area is 186 Å². The smallest absolute Gasteiger partial charge is 0.284 e. The van der Waals surface area contributed by atoms with Crippen molar-refractivity contribution < 1.29 is 0 Å². The second-order valence-corrected chi connectivity index (χ2v) is 8.67. The molecule has 6 nitrogen and oxygen atoms in total. The van der Waals surface area contributed by atoms with Crippen LogP contribution in [0.15, 0.2) is 41.2 Å². The van der Waals surface area contributed by atoms with E-state index >= 15 is 0 Å². The molecule has 0 saturated heterocycles. The van der Waals surface area contributed by atoms with Gasteiger partial charge in [0.15, 0.2) is 5.82 Å². The molecule has 9 heteroatoms. The average Bonchev–Trinajstić information content (AvgIpc) is 3.45. The number of benzene rings is 2. The molecular weight excluding hydrogens is 445 g/mol. The van der Waals surface area contributed by atoms with Crippen LogP contribution in [0.5, 0.6) is 0 Å². The van der Waals surface area contributed by atoms with Gasteiger partial charge >= 0.3 is 0 Å². The van der Waals surface area contributed by atoms with Gasteiger partial charge in [0.25, 0.3) is 5.56 Å². The quantitative estimate of drug-likeness (QED) is 0.416. The first-order chi connectivity index (χ1) is 14.4. The van der Waals surface area contributed by atoms with Gasteiger partial charge in [-0.25, -0.2) is 9.67 Å². The number of halogens is 3. The summed E-state index contributed by atoms with van der Waals surface area (Å²) in [6, 6.07) is 10.6. The summed E-state index contributed by atoms with van der Waals surface area (Å²) < 4.78 is 1.67. The molecule has 0 atom stereocenters. The van der Waals surface area contributed by atoms with E-state index in [1.54, 1.807) is 28.9 Å². The molecule has 0 amide bonds. The van der Waals surface area contributed by atoms with E-state index in [1.165, 1.54) is 0 Å². The lowest BCUT2D eigenvalue weighted by molar-refractivity contribution is 0.824. The minimum atomic E-state index is -0.316. The summed E-state index contributed by atoms with van der Waals surface area (Å²) in [5, 5.41) is 4.43. The van der Waals surface area contributed by atoms with Crippen LogP contribution in [0.25, 0.3) is 17.1 Å². The molecule has 0 aromatic heterocycles. The number of hydrogen-bond acceptors (Lipinski definition) is 4. The maximum absolute atomic E-state index is 13.0. The molecule has 0 spiro atoms. The Bertz CT molecular complexity index is 1270. The van der Waals surface area contributed by atoms with Gasteiger partial charge in [-0.2, -0.15) is 4.98 Å². The minimum absolute atomic E-state index is 0.276. The Morgan fingerprint density at radius 2 is 1.73 bits per heavy atom. The molecule has 152 valence electrons. The van der Waals surface area contributed by atoms with Crippen molar-refractivity contribution in [3.8, 4) is 17.1 Å². The fourth-order valence-electron chi connectivity index (χ4n) is 3.57. The van der Waals surface area contributed by atoms with Crippen molar-refractivity contribution in [2.75, 3.05) is 5.73 Å². The predicted octanol–water partition coefficient (Wildman–Crippen LogP) is 5.07. The fourth-order valence-corrected chi connectivity index (χ4v) is 4.56. The number of hydrogen-bond donors (Lipinski definition) is 2. The Morgan fingerprint density at radius 1 is 1.07 bits per heavy atom. The average molecular weight is 461 g/mol. The summed E-state index contributed by atoms with van der Waals surface area (Å²) in [4.78, 5) is 21.9. The van der Waals surface area contributed by atoms with Gasteiger partial charge in [0.1, 0.15) is 17.1 Å². The van der Waals surface area contributed by atoms with Crippen LogP contribution in [0.4, 0.5) is 5.69 Å². The molecule has 0 bridgehead atoms. The molecule has 2 aromatic rings. The van der Waals surface area contributed by atoms with Gasteiger partial charge in [-0.15, -0.1) is 0 Å². The number of anilines is 1. The molecule has 1 fully saturated rings. The van der Waals surface area contributed by atoms with Gasteiger partial charge in [-0.3, -0.25) is 9.89 Å². The lowest BCUT2D eigenvalue weighted by Crippen LogP contribution is -2.17. The van der Waals surface area contributed by atoms with Crippen molar-refractivity contribution >= 4 is 40.5 Å². The standard InChI is InChI=1S/C21H16Cl3N5O/c22-12-8-14(23)19(15(24)9-12)29-20-17(18(28-29)11-3-4-11)21(30)27-16(26-20)7-10-1-5-13(25)6-2-10/h1-2,5-6,8-9,11,28H,3-4,7,25H2. The Morgan fingerprint density at radius 3 is 2.37 bits per heavy atom. The third kappa shape index (κ3) is 3.45. The van der Waals surface area contributed by atoms with E-state index in [2.05, 4.69) is 10.1 Å². The zero-order valence-corrected chi connectivity index (χ0v) is 17.9. The molecular formula is C21H16Cl3N5O. The predicted molar refractivity (Wildman–Crippen MR) is 119 cm³/mol. The van der Waals surface area contributed by atoms with Gasteiger partial charge in [-0.05, 0) is 42.7 Å². The second-order valence-electron chi connectivity index (χ2n) is 7.42. The monoisotopic (exact) mass is 459 g/mol. The Hall–Kier alpha value is -2.54. The maximum atomic E-state index is 13.0. The minimum Gasteiger partial charge on any atom is -0.399 e. The van der Waals surface area contributed by atoms with Crippen molar-refractivity contribution in [3.05, 3.63) is 78.9 Å². The molecule has 1 saturated carbocycles. The lowest BCUT2D eigenvalue weighted by Gasteiger charge is -2.11. The number of H-pyrrole nitrogens is 1. The van der Waals surface area contributed by atoms with Crippen LogP contribution in [0.1, 0.15) is 35.8 Å². The van der Waals surface area contributed by atoms with Crippen molar-refractivity contribution in [1.82, 2.24) is 19.7 Å².